The van der Waals surface area contributed by atoms with Crippen molar-refractivity contribution in [1.82, 2.24) is 0 Å². The third kappa shape index (κ3) is 4.19. The molecule has 0 N–H and O–H groups in total. The van der Waals surface area contributed by atoms with E-state index in [0.717, 1.165) is 37.0 Å². The summed E-state index contributed by atoms with van der Waals surface area (Å²) in [5, 5.41) is 1.47. The number of esters is 1. The zero-order valence-corrected chi connectivity index (χ0v) is 12.7. The van der Waals surface area contributed by atoms with Crippen molar-refractivity contribution >= 4 is 37.0 Å². The number of hydrogen-bond donors (Lipinski definition) is 0. The maximum Gasteiger partial charge on any atom is 0.339 e. The Morgan fingerprint density at radius 3 is 2.42 bits per heavy atom. The van der Waals surface area contributed by atoms with Crippen LogP contribution in [-0.4, -0.2) is 20.5 Å². The summed E-state index contributed by atoms with van der Waals surface area (Å²) in [7, 11) is 1.45. The van der Waals surface area contributed by atoms with Gasteiger partial charge in [0, 0.05) is 16.1 Å². The fraction of sp³-hybridized carbons (Fsp3) is 0.583. The van der Waals surface area contributed by atoms with Crippen molar-refractivity contribution in [2.75, 3.05) is 0 Å². The minimum atomic E-state index is -3.77. The fourth-order valence-corrected chi connectivity index (χ4v) is 4.07. The van der Waals surface area contributed by atoms with Crippen LogP contribution >= 0.6 is 22.0 Å². The maximum absolute atomic E-state index is 11.9. The van der Waals surface area contributed by atoms with Crippen molar-refractivity contribution in [3.05, 3.63) is 17.0 Å². The van der Waals surface area contributed by atoms with Crippen LogP contribution in [0, 0.1) is 0 Å². The molecular weight excluding hydrogens is 308 g/mol. The summed E-state index contributed by atoms with van der Waals surface area (Å²) in [5.74, 6) is -0.463. The molecule has 4 nitrogen and oxygen atoms in total. The molecule has 19 heavy (non-hydrogen) atoms. The molecule has 0 unspecified atom stereocenters. The zero-order valence-electron chi connectivity index (χ0n) is 10.3. The molecule has 1 aromatic rings. The molecule has 0 aliphatic heterocycles. The summed E-state index contributed by atoms with van der Waals surface area (Å²) < 4.78 is 27.6. The highest BCUT2D eigenvalue weighted by Gasteiger charge is 2.21. The highest BCUT2D eigenvalue weighted by atomic mass is 35.7. The van der Waals surface area contributed by atoms with Gasteiger partial charge in [-0.25, -0.2) is 13.2 Å². The largest absolute Gasteiger partial charge is 0.459 e. The van der Waals surface area contributed by atoms with E-state index in [1.807, 2.05) is 0 Å². The average molecular weight is 323 g/mol. The monoisotopic (exact) mass is 322 g/mol. The number of thiophene rings is 1. The van der Waals surface area contributed by atoms with Gasteiger partial charge in [0.05, 0.1) is 5.56 Å². The SMILES string of the molecule is O=C(OC1CCCCCC1)c1csc(S(=O)(=O)Cl)c1. The van der Waals surface area contributed by atoms with Crippen molar-refractivity contribution in [2.24, 2.45) is 0 Å². The van der Waals surface area contributed by atoms with E-state index in [1.54, 1.807) is 0 Å². The van der Waals surface area contributed by atoms with Crippen LogP contribution in [0.2, 0.25) is 0 Å². The molecule has 0 spiro atoms. The summed E-state index contributed by atoms with van der Waals surface area (Å²) >= 11 is 0.930. The molecule has 106 valence electrons. The molecule has 0 aromatic carbocycles. The van der Waals surface area contributed by atoms with Crippen LogP contribution in [0.15, 0.2) is 15.7 Å². The molecule has 1 heterocycles. The average Bonchev–Trinajstić information content (AvgIpc) is 2.70. The first kappa shape index (κ1) is 14.8. The second kappa shape index (κ2) is 6.24. The first-order valence-corrected chi connectivity index (χ1v) is 9.40. The van der Waals surface area contributed by atoms with Crippen molar-refractivity contribution in [3.63, 3.8) is 0 Å². The predicted octanol–water partition coefficient (Wildman–Crippen LogP) is 3.56. The Morgan fingerprint density at radius 1 is 1.26 bits per heavy atom. The molecule has 1 fully saturated rings. The lowest BCUT2D eigenvalue weighted by Crippen LogP contribution is -2.17. The first-order valence-electron chi connectivity index (χ1n) is 6.21. The van der Waals surface area contributed by atoms with Crippen molar-refractivity contribution < 1.29 is 17.9 Å². The van der Waals surface area contributed by atoms with Crippen LogP contribution < -0.4 is 0 Å². The van der Waals surface area contributed by atoms with Crippen LogP contribution in [0.4, 0.5) is 0 Å². The van der Waals surface area contributed by atoms with Gasteiger partial charge in [0.25, 0.3) is 9.05 Å². The Kier molecular flexibility index (Phi) is 4.86. The topological polar surface area (TPSA) is 60.4 Å². The van der Waals surface area contributed by atoms with E-state index >= 15 is 0 Å². The molecule has 0 radical (unpaired) electrons. The summed E-state index contributed by atoms with van der Waals surface area (Å²) in [4.78, 5) is 11.9. The number of halogens is 1. The van der Waals surface area contributed by atoms with Gasteiger partial charge in [-0.15, -0.1) is 11.3 Å². The third-order valence-corrected chi connectivity index (χ3v) is 6.17. The normalized spacial score (nSPS) is 17.9. The first-order chi connectivity index (χ1) is 8.97. The lowest BCUT2D eigenvalue weighted by molar-refractivity contribution is 0.0268. The number of carbonyl (C=O) groups is 1. The summed E-state index contributed by atoms with van der Waals surface area (Å²) in [6, 6.07) is 1.27. The molecule has 1 saturated carbocycles. The van der Waals surface area contributed by atoms with Gasteiger partial charge in [-0.1, -0.05) is 12.8 Å². The van der Waals surface area contributed by atoms with E-state index in [0.29, 0.717) is 0 Å². The molecule has 0 atom stereocenters. The molecule has 1 aromatic heterocycles. The molecule has 0 saturated heterocycles. The lowest BCUT2D eigenvalue weighted by atomic mass is 10.1. The molecule has 2 rings (SSSR count). The van der Waals surface area contributed by atoms with Crippen LogP contribution in [-0.2, 0) is 13.8 Å². The smallest absolute Gasteiger partial charge is 0.339 e. The number of rotatable bonds is 3. The van der Waals surface area contributed by atoms with E-state index in [-0.39, 0.29) is 15.9 Å². The highest BCUT2D eigenvalue weighted by Crippen LogP contribution is 2.26. The standard InChI is InChI=1S/C12H15ClO4S2/c13-19(15,16)11-7-9(8-18-11)12(14)17-10-5-3-1-2-4-6-10/h7-8,10H,1-6H2. The molecular formula is C12H15ClO4S2. The zero-order chi connectivity index (χ0) is 13.9. The Labute approximate surface area is 121 Å². The summed E-state index contributed by atoms with van der Waals surface area (Å²) in [6.45, 7) is 0. The van der Waals surface area contributed by atoms with Crippen molar-refractivity contribution in [1.29, 1.82) is 0 Å². The Bertz CT molecular complexity index is 542. The van der Waals surface area contributed by atoms with Crippen LogP contribution in [0.1, 0.15) is 48.9 Å². The van der Waals surface area contributed by atoms with Crippen LogP contribution in [0.25, 0.3) is 0 Å². The molecule has 1 aliphatic carbocycles. The van der Waals surface area contributed by atoms with Crippen molar-refractivity contribution in [2.45, 2.75) is 48.8 Å². The second-order valence-corrected chi connectivity index (χ2v) is 8.32. The van der Waals surface area contributed by atoms with E-state index in [9.17, 15) is 13.2 Å². The van der Waals surface area contributed by atoms with Gasteiger partial charge in [-0.2, -0.15) is 0 Å². The van der Waals surface area contributed by atoms with Gasteiger partial charge in [0.2, 0.25) is 0 Å². The fourth-order valence-electron chi connectivity index (χ4n) is 2.13. The van der Waals surface area contributed by atoms with Crippen LogP contribution in [0.3, 0.4) is 0 Å². The number of ether oxygens (including phenoxy) is 1. The predicted molar refractivity (Wildman–Crippen MR) is 74.3 cm³/mol. The lowest BCUT2D eigenvalue weighted by Gasteiger charge is -2.14. The van der Waals surface area contributed by atoms with Gasteiger partial charge in [0.1, 0.15) is 10.3 Å². The maximum atomic E-state index is 11.9. The van der Waals surface area contributed by atoms with Gasteiger partial charge < -0.3 is 4.74 Å². The summed E-state index contributed by atoms with van der Waals surface area (Å²) in [5.41, 5.74) is 0.258. The Morgan fingerprint density at radius 2 is 1.89 bits per heavy atom. The minimum Gasteiger partial charge on any atom is -0.459 e. The second-order valence-electron chi connectivity index (χ2n) is 4.61. The third-order valence-electron chi connectivity index (χ3n) is 3.13. The molecule has 0 bridgehead atoms. The van der Waals surface area contributed by atoms with Gasteiger partial charge in [-0.05, 0) is 31.7 Å². The minimum absolute atomic E-state index is 0.0259. The van der Waals surface area contributed by atoms with E-state index in [4.69, 9.17) is 15.4 Å². The molecule has 7 heteroatoms. The van der Waals surface area contributed by atoms with Gasteiger partial charge in [-0.3, -0.25) is 0 Å². The number of hydrogen-bond acceptors (Lipinski definition) is 5. The number of carbonyl (C=O) groups excluding carboxylic acids is 1. The Balaban J connectivity index is 2.01. The quantitative estimate of drug-likeness (QED) is 0.485. The van der Waals surface area contributed by atoms with Gasteiger partial charge in [0.15, 0.2) is 0 Å². The van der Waals surface area contributed by atoms with Crippen molar-refractivity contribution in [3.8, 4) is 0 Å². The van der Waals surface area contributed by atoms with E-state index in [2.05, 4.69) is 0 Å². The molecule has 1 aliphatic rings. The van der Waals surface area contributed by atoms with Crippen LogP contribution in [0.5, 0.6) is 0 Å². The Hall–Kier alpha value is -0.590. The summed E-state index contributed by atoms with van der Waals surface area (Å²) in [6.07, 6.45) is 6.23. The molecule has 0 amide bonds. The van der Waals surface area contributed by atoms with E-state index < -0.39 is 15.0 Å². The highest BCUT2D eigenvalue weighted by molar-refractivity contribution is 8.15. The van der Waals surface area contributed by atoms with Gasteiger partial charge >= 0.3 is 5.97 Å². The van der Waals surface area contributed by atoms with E-state index in [1.165, 1.54) is 24.3 Å².